The molecule has 1 fully saturated rings. The number of hydrogen-bond donors (Lipinski definition) is 0. The van der Waals surface area contributed by atoms with Crippen molar-refractivity contribution in [2.24, 2.45) is 5.41 Å². The molecule has 1 rings (SSSR count). The molecule has 0 N–H and O–H groups in total. The Morgan fingerprint density at radius 2 is 1.65 bits per heavy atom. The van der Waals surface area contributed by atoms with Crippen LogP contribution in [0.3, 0.4) is 0 Å². The van der Waals surface area contributed by atoms with Crippen molar-refractivity contribution in [1.82, 2.24) is 4.90 Å². The quantitative estimate of drug-likeness (QED) is 0.712. The largest absolute Gasteiger partial charge is 0.353 e. The Kier molecular flexibility index (Phi) is 4.55. The van der Waals surface area contributed by atoms with Crippen LogP contribution in [0.5, 0.6) is 0 Å². The van der Waals surface area contributed by atoms with Gasteiger partial charge in [-0.1, -0.05) is 20.8 Å². The Hall–Kier alpha value is -0.610. The lowest BCUT2D eigenvalue weighted by atomic mass is 9.91. The molecule has 0 aromatic heterocycles. The second-order valence-electron chi connectivity index (χ2n) is 5.94. The second-order valence-corrected chi connectivity index (χ2v) is 5.94. The molecule has 1 aliphatic heterocycles. The first-order valence-corrected chi connectivity index (χ1v) is 6.20. The van der Waals surface area contributed by atoms with Gasteiger partial charge in [-0.05, 0) is 5.41 Å². The van der Waals surface area contributed by atoms with Crippen molar-refractivity contribution in [3.8, 4) is 0 Å². The minimum absolute atomic E-state index is 0.0497. The van der Waals surface area contributed by atoms with Crippen molar-refractivity contribution in [1.29, 1.82) is 0 Å². The molecule has 0 unspecified atom stereocenters. The van der Waals surface area contributed by atoms with Gasteiger partial charge in [-0.15, -0.1) is 0 Å². The van der Waals surface area contributed by atoms with E-state index in [9.17, 15) is 4.79 Å². The number of hydrogen-bond acceptors (Lipinski definition) is 3. The number of carbonyl (C=O) groups is 1. The molecular weight excluding hydrogens is 218 g/mol. The van der Waals surface area contributed by atoms with E-state index in [1.54, 1.807) is 14.2 Å². The predicted molar refractivity (Wildman–Crippen MR) is 66.6 cm³/mol. The maximum Gasteiger partial charge on any atom is 0.223 e. The summed E-state index contributed by atoms with van der Waals surface area (Å²) in [7, 11) is 3.33. The molecular formula is C13H25NO3. The SMILES string of the molecule is COC1(OC)CCN(C(=O)CC(C)(C)C)CC1. The average Bonchev–Trinajstić information content (AvgIpc) is 2.27. The van der Waals surface area contributed by atoms with Crippen LogP contribution < -0.4 is 0 Å². The highest BCUT2D eigenvalue weighted by Gasteiger charge is 2.36. The molecule has 0 aromatic carbocycles. The van der Waals surface area contributed by atoms with Crippen LogP contribution in [0.2, 0.25) is 0 Å². The van der Waals surface area contributed by atoms with Crippen LogP contribution in [0, 0.1) is 5.41 Å². The summed E-state index contributed by atoms with van der Waals surface area (Å²) >= 11 is 0. The molecule has 0 aliphatic carbocycles. The summed E-state index contributed by atoms with van der Waals surface area (Å²) in [4.78, 5) is 14.0. The fraction of sp³-hybridized carbons (Fsp3) is 0.923. The third-order valence-corrected chi connectivity index (χ3v) is 3.30. The fourth-order valence-electron chi connectivity index (χ4n) is 2.15. The first kappa shape index (κ1) is 14.5. The molecule has 0 saturated carbocycles. The monoisotopic (exact) mass is 243 g/mol. The summed E-state index contributed by atoms with van der Waals surface area (Å²) in [6.07, 6.45) is 2.09. The van der Waals surface area contributed by atoms with E-state index < -0.39 is 5.79 Å². The van der Waals surface area contributed by atoms with E-state index in [1.165, 1.54) is 0 Å². The normalized spacial score (nSPS) is 20.4. The van der Waals surface area contributed by atoms with Gasteiger partial charge in [0.2, 0.25) is 5.91 Å². The number of methoxy groups -OCH3 is 2. The van der Waals surface area contributed by atoms with Crippen LogP contribution in [-0.2, 0) is 14.3 Å². The number of amides is 1. The van der Waals surface area contributed by atoms with Crippen LogP contribution in [0.15, 0.2) is 0 Å². The molecule has 1 saturated heterocycles. The summed E-state index contributed by atoms with van der Waals surface area (Å²) in [5, 5.41) is 0. The minimum Gasteiger partial charge on any atom is -0.353 e. The van der Waals surface area contributed by atoms with Gasteiger partial charge in [0.15, 0.2) is 5.79 Å². The van der Waals surface area contributed by atoms with Gasteiger partial charge in [0.05, 0.1) is 0 Å². The Bertz CT molecular complexity index is 256. The van der Waals surface area contributed by atoms with Crippen molar-refractivity contribution >= 4 is 5.91 Å². The zero-order chi connectivity index (χ0) is 13.1. The molecule has 4 heteroatoms. The summed E-state index contributed by atoms with van der Waals surface area (Å²) in [6, 6.07) is 0. The third kappa shape index (κ3) is 3.96. The lowest BCUT2D eigenvalue weighted by Crippen LogP contribution is -2.49. The van der Waals surface area contributed by atoms with Crippen molar-refractivity contribution in [2.45, 2.75) is 45.8 Å². The van der Waals surface area contributed by atoms with Gasteiger partial charge in [0.1, 0.15) is 0 Å². The van der Waals surface area contributed by atoms with E-state index in [4.69, 9.17) is 9.47 Å². The number of likely N-dealkylation sites (tertiary alicyclic amines) is 1. The number of piperidine rings is 1. The molecule has 0 aromatic rings. The molecule has 0 radical (unpaired) electrons. The lowest BCUT2D eigenvalue weighted by molar-refractivity contribution is -0.228. The van der Waals surface area contributed by atoms with Crippen molar-refractivity contribution < 1.29 is 14.3 Å². The van der Waals surface area contributed by atoms with Crippen LogP contribution in [-0.4, -0.2) is 43.9 Å². The maximum atomic E-state index is 12.0. The Labute approximate surface area is 104 Å². The van der Waals surface area contributed by atoms with Crippen molar-refractivity contribution in [3.63, 3.8) is 0 Å². The van der Waals surface area contributed by atoms with Crippen LogP contribution in [0.4, 0.5) is 0 Å². The lowest BCUT2D eigenvalue weighted by Gasteiger charge is -2.40. The van der Waals surface area contributed by atoms with Crippen molar-refractivity contribution in [2.75, 3.05) is 27.3 Å². The van der Waals surface area contributed by atoms with Gasteiger partial charge in [-0.3, -0.25) is 4.79 Å². The summed E-state index contributed by atoms with van der Waals surface area (Å²) < 4.78 is 10.8. The van der Waals surface area contributed by atoms with Gasteiger partial charge in [0.25, 0.3) is 0 Å². The highest BCUT2D eigenvalue weighted by atomic mass is 16.7. The Balaban J connectivity index is 2.49. The first-order valence-electron chi connectivity index (χ1n) is 6.20. The van der Waals surface area contributed by atoms with E-state index in [1.807, 2.05) is 4.90 Å². The highest BCUT2D eigenvalue weighted by molar-refractivity contribution is 5.76. The predicted octanol–water partition coefficient (Wildman–Crippen LogP) is 2.03. The van der Waals surface area contributed by atoms with E-state index in [0.29, 0.717) is 6.42 Å². The summed E-state index contributed by atoms with van der Waals surface area (Å²) in [6.45, 7) is 7.70. The molecule has 1 aliphatic rings. The van der Waals surface area contributed by atoms with Gasteiger partial charge >= 0.3 is 0 Å². The molecule has 17 heavy (non-hydrogen) atoms. The summed E-state index contributed by atoms with van der Waals surface area (Å²) in [5.74, 6) is -0.253. The standard InChI is InChI=1S/C13H25NO3/c1-12(2,3)10-11(15)14-8-6-13(16-4,17-5)7-9-14/h6-10H2,1-5H3. The average molecular weight is 243 g/mol. The van der Waals surface area contributed by atoms with Crippen LogP contribution in [0.25, 0.3) is 0 Å². The number of carbonyl (C=O) groups excluding carboxylic acids is 1. The van der Waals surface area contributed by atoms with Gasteiger partial charge in [-0.2, -0.15) is 0 Å². The zero-order valence-corrected chi connectivity index (χ0v) is 11.7. The fourth-order valence-corrected chi connectivity index (χ4v) is 2.15. The zero-order valence-electron chi connectivity index (χ0n) is 11.7. The number of ether oxygens (including phenoxy) is 2. The molecule has 100 valence electrons. The van der Waals surface area contributed by atoms with E-state index in [-0.39, 0.29) is 11.3 Å². The maximum absolute atomic E-state index is 12.0. The highest BCUT2D eigenvalue weighted by Crippen LogP contribution is 2.28. The summed E-state index contributed by atoms with van der Waals surface area (Å²) in [5.41, 5.74) is 0.0497. The molecule has 0 spiro atoms. The first-order chi connectivity index (χ1) is 7.82. The van der Waals surface area contributed by atoms with Gasteiger partial charge < -0.3 is 14.4 Å². The van der Waals surface area contributed by atoms with E-state index in [2.05, 4.69) is 20.8 Å². The van der Waals surface area contributed by atoms with Gasteiger partial charge in [-0.25, -0.2) is 0 Å². The van der Waals surface area contributed by atoms with Crippen LogP contribution in [0.1, 0.15) is 40.0 Å². The molecule has 4 nitrogen and oxygen atoms in total. The molecule has 0 bridgehead atoms. The number of nitrogens with zero attached hydrogens (tertiary/aromatic N) is 1. The minimum atomic E-state index is -0.488. The molecule has 0 atom stereocenters. The van der Waals surface area contributed by atoms with Crippen LogP contribution >= 0.6 is 0 Å². The Morgan fingerprint density at radius 1 is 1.18 bits per heavy atom. The van der Waals surface area contributed by atoms with Crippen molar-refractivity contribution in [3.05, 3.63) is 0 Å². The second kappa shape index (κ2) is 5.36. The molecule has 1 amide bonds. The van der Waals surface area contributed by atoms with Gasteiger partial charge in [0, 0.05) is 46.6 Å². The third-order valence-electron chi connectivity index (χ3n) is 3.30. The molecule has 1 heterocycles. The number of rotatable bonds is 3. The smallest absolute Gasteiger partial charge is 0.223 e. The van der Waals surface area contributed by atoms with E-state index >= 15 is 0 Å². The topological polar surface area (TPSA) is 38.8 Å². The van der Waals surface area contributed by atoms with E-state index in [0.717, 1.165) is 25.9 Å². The Morgan fingerprint density at radius 3 is 2.00 bits per heavy atom.